The molecule has 1 atom stereocenters. The number of thiazole rings is 1. The van der Waals surface area contributed by atoms with Crippen molar-refractivity contribution in [3.8, 4) is 5.75 Å². The Morgan fingerprint density at radius 1 is 1.18 bits per heavy atom. The Kier molecular flexibility index (Phi) is 4.06. The van der Waals surface area contributed by atoms with E-state index in [1.54, 1.807) is 6.92 Å². The van der Waals surface area contributed by atoms with E-state index >= 15 is 0 Å². The van der Waals surface area contributed by atoms with Crippen molar-refractivity contribution in [1.82, 2.24) is 4.98 Å². The fourth-order valence-electron chi connectivity index (χ4n) is 2.01. The van der Waals surface area contributed by atoms with Crippen LogP contribution in [0.15, 0.2) is 48.5 Å². The number of aryl methyl sites for hydroxylation is 1. The quantitative estimate of drug-likeness (QED) is 0.792. The van der Waals surface area contributed by atoms with E-state index in [0.717, 1.165) is 15.8 Å². The number of carbonyl (C=O) groups excluding carboxylic acids is 1. The van der Waals surface area contributed by atoms with Crippen LogP contribution in [0.25, 0.3) is 10.2 Å². The number of fused-ring (bicyclic) bond motifs is 1. The Hall–Kier alpha value is -2.40. The number of aromatic nitrogens is 1. The van der Waals surface area contributed by atoms with Crippen LogP contribution in [-0.4, -0.2) is 17.0 Å². The number of hydrogen-bond acceptors (Lipinski definition) is 4. The molecule has 22 heavy (non-hydrogen) atoms. The molecular formula is C17H16N2O2S. The second-order valence-electron chi connectivity index (χ2n) is 5.05. The van der Waals surface area contributed by atoms with Gasteiger partial charge in [-0.2, -0.15) is 0 Å². The maximum absolute atomic E-state index is 12.2. The summed E-state index contributed by atoms with van der Waals surface area (Å²) in [6.07, 6.45) is -0.588. The molecule has 3 aromatic rings. The molecule has 0 aliphatic carbocycles. The van der Waals surface area contributed by atoms with Crippen molar-refractivity contribution < 1.29 is 9.53 Å². The maximum Gasteiger partial charge on any atom is 0.266 e. The Morgan fingerprint density at radius 2 is 1.91 bits per heavy atom. The lowest BCUT2D eigenvalue weighted by Gasteiger charge is -2.13. The number of carbonyl (C=O) groups is 1. The van der Waals surface area contributed by atoms with Crippen LogP contribution in [0.3, 0.4) is 0 Å². The predicted molar refractivity (Wildman–Crippen MR) is 89.5 cm³/mol. The van der Waals surface area contributed by atoms with E-state index in [1.807, 2.05) is 55.5 Å². The van der Waals surface area contributed by atoms with Crippen molar-refractivity contribution in [3.05, 3.63) is 54.1 Å². The summed E-state index contributed by atoms with van der Waals surface area (Å²) in [5.41, 5.74) is 2.04. The van der Waals surface area contributed by atoms with Gasteiger partial charge in [-0.3, -0.25) is 10.1 Å². The molecule has 0 saturated heterocycles. The van der Waals surface area contributed by atoms with Crippen LogP contribution in [0.1, 0.15) is 12.5 Å². The van der Waals surface area contributed by atoms with Crippen LogP contribution in [0, 0.1) is 6.92 Å². The second-order valence-corrected chi connectivity index (χ2v) is 6.08. The van der Waals surface area contributed by atoms with Crippen LogP contribution in [0.4, 0.5) is 5.13 Å². The lowest BCUT2D eigenvalue weighted by molar-refractivity contribution is -0.122. The number of anilines is 1. The second kappa shape index (κ2) is 6.15. The SMILES string of the molecule is Cc1ccc(OC(C)C(=O)Nc2nc3ccccc3s2)cc1. The Balaban J connectivity index is 1.66. The van der Waals surface area contributed by atoms with Crippen LogP contribution in [0.2, 0.25) is 0 Å². The van der Waals surface area contributed by atoms with E-state index in [-0.39, 0.29) is 5.91 Å². The van der Waals surface area contributed by atoms with Crippen molar-refractivity contribution in [2.45, 2.75) is 20.0 Å². The van der Waals surface area contributed by atoms with Gasteiger partial charge in [-0.05, 0) is 38.1 Å². The Labute approximate surface area is 132 Å². The zero-order valence-corrected chi connectivity index (χ0v) is 13.2. The zero-order chi connectivity index (χ0) is 15.5. The van der Waals surface area contributed by atoms with Crippen molar-refractivity contribution in [1.29, 1.82) is 0 Å². The van der Waals surface area contributed by atoms with Gasteiger partial charge in [-0.25, -0.2) is 4.98 Å². The van der Waals surface area contributed by atoms with E-state index in [4.69, 9.17) is 4.74 Å². The summed E-state index contributed by atoms with van der Waals surface area (Å²) in [6, 6.07) is 15.4. The first-order valence-corrected chi connectivity index (χ1v) is 7.83. The summed E-state index contributed by atoms with van der Waals surface area (Å²) in [4.78, 5) is 16.6. The largest absolute Gasteiger partial charge is 0.481 e. The molecule has 0 aliphatic heterocycles. The molecule has 0 bridgehead atoms. The molecule has 1 N–H and O–H groups in total. The normalized spacial score (nSPS) is 12.1. The molecule has 0 spiro atoms. The van der Waals surface area contributed by atoms with Gasteiger partial charge < -0.3 is 4.74 Å². The molecule has 0 radical (unpaired) electrons. The summed E-state index contributed by atoms with van der Waals surface area (Å²) in [6.45, 7) is 3.73. The molecule has 5 heteroatoms. The van der Waals surface area contributed by atoms with Gasteiger partial charge in [0.05, 0.1) is 10.2 Å². The molecule has 1 amide bonds. The van der Waals surface area contributed by atoms with Crippen LogP contribution < -0.4 is 10.1 Å². The fraction of sp³-hybridized carbons (Fsp3) is 0.176. The van der Waals surface area contributed by atoms with Crippen molar-refractivity contribution in [3.63, 3.8) is 0 Å². The van der Waals surface area contributed by atoms with Gasteiger partial charge >= 0.3 is 0 Å². The number of nitrogens with one attached hydrogen (secondary N) is 1. The average molecular weight is 312 g/mol. The van der Waals surface area contributed by atoms with Crippen molar-refractivity contribution in [2.24, 2.45) is 0 Å². The molecule has 2 aromatic carbocycles. The molecule has 3 rings (SSSR count). The van der Waals surface area contributed by atoms with Gasteiger partial charge in [0.1, 0.15) is 5.75 Å². The monoisotopic (exact) mass is 312 g/mol. The van der Waals surface area contributed by atoms with Gasteiger partial charge in [0.15, 0.2) is 11.2 Å². The smallest absolute Gasteiger partial charge is 0.266 e. The number of ether oxygens (including phenoxy) is 1. The number of hydrogen-bond donors (Lipinski definition) is 1. The van der Waals surface area contributed by atoms with E-state index < -0.39 is 6.10 Å². The maximum atomic E-state index is 12.2. The lowest BCUT2D eigenvalue weighted by atomic mass is 10.2. The highest BCUT2D eigenvalue weighted by atomic mass is 32.1. The minimum absolute atomic E-state index is 0.209. The Bertz CT molecular complexity index is 763. The van der Waals surface area contributed by atoms with E-state index in [2.05, 4.69) is 10.3 Å². The molecule has 0 saturated carbocycles. The molecule has 4 nitrogen and oxygen atoms in total. The predicted octanol–water partition coefficient (Wildman–Crippen LogP) is 4.01. The first-order valence-electron chi connectivity index (χ1n) is 7.01. The van der Waals surface area contributed by atoms with E-state index in [9.17, 15) is 4.79 Å². The molecule has 0 fully saturated rings. The van der Waals surface area contributed by atoms with Gasteiger partial charge in [-0.1, -0.05) is 41.2 Å². The third kappa shape index (κ3) is 3.26. The molecule has 0 aliphatic rings. The van der Waals surface area contributed by atoms with E-state index in [0.29, 0.717) is 10.9 Å². The molecule has 112 valence electrons. The fourth-order valence-corrected chi connectivity index (χ4v) is 2.88. The number of rotatable bonds is 4. The lowest BCUT2D eigenvalue weighted by Crippen LogP contribution is -2.30. The number of benzene rings is 2. The third-order valence-electron chi connectivity index (χ3n) is 3.23. The number of nitrogens with zero attached hydrogens (tertiary/aromatic N) is 1. The van der Waals surface area contributed by atoms with Gasteiger partial charge in [0.2, 0.25) is 0 Å². The Morgan fingerprint density at radius 3 is 2.64 bits per heavy atom. The summed E-state index contributed by atoms with van der Waals surface area (Å²) in [5.74, 6) is 0.470. The number of amides is 1. The molecule has 1 unspecified atom stereocenters. The minimum atomic E-state index is -0.588. The highest BCUT2D eigenvalue weighted by Crippen LogP contribution is 2.25. The highest BCUT2D eigenvalue weighted by molar-refractivity contribution is 7.22. The summed E-state index contributed by atoms with van der Waals surface area (Å²) >= 11 is 1.45. The van der Waals surface area contributed by atoms with Crippen molar-refractivity contribution in [2.75, 3.05) is 5.32 Å². The topological polar surface area (TPSA) is 51.2 Å². The third-order valence-corrected chi connectivity index (χ3v) is 4.18. The molecular weight excluding hydrogens is 296 g/mol. The average Bonchev–Trinajstić information content (AvgIpc) is 2.91. The highest BCUT2D eigenvalue weighted by Gasteiger charge is 2.16. The van der Waals surface area contributed by atoms with Gasteiger partial charge in [0, 0.05) is 0 Å². The van der Waals surface area contributed by atoms with E-state index in [1.165, 1.54) is 11.3 Å². The van der Waals surface area contributed by atoms with Gasteiger partial charge in [-0.15, -0.1) is 0 Å². The zero-order valence-electron chi connectivity index (χ0n) is 12.4. The number of para-hydroxylation sites is 1. The summed E-state index contributed by atoms with van der Waals surface area (Å²) in [5, 5.41) is 3.39. The standard InChI is InChI=1S/C17H16N2O2S/c1-11-7-9-13(10-8-11)21-12(2)16(20)19-17-18-14-5-3-4-6-15(14)22-17/h3-10,12H,1-2H3,(H,18,19,20). The molecule has 1 aromatic heterocycles. The first kappa shape index (κ1) is 14.5. The van der Waals surface area contributed by atoms with Crippen LogP contribution in [0.5, 0.6) is 5.75 Å². The minimum Gasteiger partial charge on any atom is -0.481 e. The van der Waals surface area contributed by atoms with Crippen LogP contribution in [-0.2, 0) is 4.79 Å². The van der Waals surface area contributed by atoms with Crippen LogP contribution >= 0.6 is 11.3 Å². The summed E-state index contributed by atoms with van der Waals surface area (Å²) < 4.78 is 6.69. The molecule has 1 heterocycles. The summed E-state index contributed by atoms with van der Waals surface area (Å²) in [7, 11) is 0. The van der Waals surface area contributed by atoms with Gasteiger partial charge in [0.25, 0.3) is 5.91 Å². The first-order chi connectivity index (χ1) is 10.6. The van der Waals surface area contributed by atoms with Crippen molar-refractivity contribution >= 4 is 32.6 Å².